The molecule has 1 aromatic rings. The molecule has 19 heavy (non-hydrogen) atoms. The van der Waals surface area contributed by atoms with Gasteiger partial charge in [0.2, 0.25) is 10.0 Å². The molecule has 0 spiro atoms. The Kier molecular flexibility index (Phi) is 4.19. The average Bonchev–Trinajstić information content (AvgIpc) is 2.16. The van der Waals surface area contributed by atoms with Crippen LogP contribution in [-0.4, -0.2) is 25.2 Å². The predicted octanol–water partition coefficient (Wildman–Crippen LogP) is 2.31. The zero-order valence-corrected chi connectivity index (χ0v) is 11.7. The minimum atomic E-state index is -3.82. The molecule has 0 heterocycles. The quantitative estimate of drug-likeness (QED) is 0.891. The van der Waals surface area contributed by atoms with E-state index >= 15 is 0 Å². The van der Waals surface area contributed by atoms with Crippen LogP contribution in [0.4, 0.5) is 10.1 Å². The zero-order valence-electron chi connectivity index (χ0n) is 10.9. The fraction of sp³-hybridized carbons (Fsp3) is 0.417. The Morgan fingerprint density at radius 1 is 1.37 bits per heavy atom. The lowest BCUT2D eigenvalue weighted by Gasteiger charge is -2.19. The number of sulfonamides is 1. The number of anilines is 1. The molecule has 0 aromatic heterocycles. The molecule has 0 bridgehead atoms. The van der Waals surface area contributed by atoms with Crippen molar-refractivity contribution in [1.29, 1.82) is 0 Å². The number of benzene rings is 1. The summed E-state index contributed by atoms with van der Waals surface area (Å²) in [5.41, 5.74) is -1.47. The zero-order chi connectivity index (χ0) is 14.8. The van der Waals surface area contributed by atoms with Gasteiger partial charge in [-0.1, -0.05) is 26.8 Å². The van der Waals surface area contributed by atoms with Gasteiger partial charge in [0.05, 0.1) is 17.0 Å². The number of carbonyl (C=O) groups is 1. The van der Waals surface area contributed by atoms with Gasteiger partial charge in [-0.2, -0.15) is 0 Å². The summed E-state index contributed by atoms with van der Waals surface area (Å²) >= 11 is 0. The number of carboxylic acids is 1. The van der Waals surface area contributed by atoms with Gasteiger partial charge < -0.3 is 5.11 Å². The third-order valence-corrected chi connectivity index (χ3v) is 3.89. The second kappa shape index (κ2) is 5.16. The lowest BCUT2D eigenvalue weighted by Crippen LogP contribution is -2.27. The number of carboxylic acid groups (broad SMARTS) is 1. The first kappa shape index (κ1) is 15.4. The van der Waals surface area contributed by atoms with Crippen molar-refractivity contribution in [2.45, 2.75) is 20.8 Å². The standard InChI is InChI=1S/C12H16FNO4S/c1-12(2,3)7-19(17,18)14-10-8(11(15)16)5-4-6-9(10)13/h4-6,14H,7H2,1-3H3,(H,15,16). The first-order valence-electron chi connectivity index (χ1n) is 5.54. The van der Waals surface area contributed by atoms with Gasteiger partial charge in [0.1, 0.15) is 5.82 Å². The summed E-state index contributed by atoms with van der Waals surface area (Å²) in [4.78, 5) is 10.9. The number of nitrogens with one attached hydrogen (secondary N) is 1. The summed E-state index contributed by atoms with van der Waals surface area (Å²) in [5.74, 6) is -2.56. The number of hydrogen-bond acceptors (Lipinski definition) is 3. The van der Waals surface area contributed by atoms with Gasteiger partial charge in [-0.3, -0.25) is 4.72 Å². The molecule has 1 aromatic carbocycles. The molecule has 0 aliphatic heterocycles. The van der Waals surface area contributed by atoms with Crippen LogP contribution in [0.5, 0.6) is 0 Å². The first-order valence-corrected chi connectivity index (χ1v) is 7.19. The molecule has 2 N–H and O–H groups in total. The molecule has 5 nitrogen and oxygen atoms in total. The van der Waals surface area contributed by atoms with Crippen LogP contribution in [0.3, 0.4) is 0 Å². The Hall–Kier alpha value is -1.63. The third-order valence-electron chi connectivity index (χ3n) is 2.12. The topological polar surface area (TPSA) is 83.5 Å². The fourth-order valence-electron chi connectivity index (χ4n) is 1.57. The number of para-hydroxylation sites is 1. The van der Waals surface area contributed by atoms with Crippen molar-refractivity contribution in [3.8, 4) is 0 Å². The van der Waals surface area contributed by atoms with Gasteiger partial charge in [0.15, 0.2) is 0 Å². The number of halogens is 1. The van der Waals surface area contributed by atoms with Crippen LogP contribution in [0.1, 0.15) is 31.1 Å². The van der Waals surface area contributed by atoms with E-state index in [1.807, 2.05) is 4.72 Å². The molecule has 0 radical (unpaired) electrons. The van der Waals surface area contributed by atoms with Crippen LogP contribution in [-0.2, 0) is 10.0 Å². The highest BCUT2D eigenvalue weighted by atomic mass is 32.2. The van der Waals surface area contributed by atoms with E-state index in [1.165, 1.54) is 6.07 Å². The largest absolute Gasteiger partial charge is 0.478 e. The maximum Gasteiger partial charge on any atom is 0.337 e. The minimum Gasteiger partial charge on any atom is -0.478 e. The lowest BCUT2D eigenvalue weighted by molar-refractivity contribution is 0.0697. The molecule has 7 heteroatoms. The van der Waals surface area contributed by atoms with E-state index in [4.69, 9.17) is 5.11 Å². The second-order valence-corrected chi connectivity index (χ2v) is 7.11. The number of hydrogen-bond donors (Lipinski definition) is 2. The summed E-state index contributed by atoms with van der Waals surface area (Å²) in [6.45, 7) is 5.14. The molecule has 1 rings (SSSR count). The molecule has 0 aliphatic rings. The van der Waals surface area contributed by atoms with E-state index in [0.717, 1.165) is 12.1 Å². The van der Waals surface area contributed by atoms with Gasteiger partial charge in [-0.15, -0.1) is 0 Å². The highest BCUT2D eigenvalue weighted by Gasteiger charge is 2.24. The highest BCUT2D eigenvalue weighted by molar-refractivity contribution is 7.92. The van der Waals surface area contributed by atoms with Crippen LogP contribution in [0.15, 0.2) is 18.2 Å². The fourth-order valence-corrected chi connectivity index (χ4v) is 3.30. The SMILES string of the molecule is CC(C)(C)CS(=O)(=O)Nc1c(F)cccc1C(=O)O. The van der Waals surface area contributed by atoms with E-state index in [-0.39, 0.29) is 5.75 Å². The van der Waals surface area contributed by atoms with Crippen molar-refractivity contribution in [1.82, 2.24) is 0 Å². The third kappa shape index (κ3) is 4.51. The predicted molar refractivity (Wildman–Crippen MR) is 70.2 cm³/mol. The molecule has 0 atom stereocenters. The summed E-state index contributed by atoms with van der Waals surface area (Å²) in [5, 5.41) is 8.92. The molecule has 0 saturated carbocycles. The van der Waals surface area contributed by atoms with Crippen molar-refractivity contribution in [2.75, 3.05) is 10.5 Å². The highest BCUT2D eigenvalue weighted by Crippen LogP contribution is 2.23. The van der Waals surface area contributed by atoms with Gasteiger partial charge in [0, 0.05) is 0 Å². The van der Waals surface area contributed by atoms with Gasteiger partial charge >= 0.3 is 5.97 Å². The van der Waals surface area contributed by atoms with E-state index in [9.17, 15) is 17.6 Å². The molecular weight excluding hydrogens is 273 g/mol. The van der Waals surface area contributed by atoms with E-state index in [0.29, 0.717) is 0 Å². The molecule has 0 aliphatic carbocycles. The Bertz CT molecular complexity index is 590. The maximum atomic E-state index is 13.6. The van der Waals surface area contributed by atoms with Gasteiger partial charge in [0.25, 0.3) is 0 Å². The first-order chi connectivity index (χ1) is 8.52. The van der Waals surface area contributed by atoms with Crippen molar-refractivity contribution in [3.05, 3.63) is 29.6 Å². The summed E-state index contributed by atoms with van der Waals surface area (Å²) < 4.78 is 39.3. The van der Waals surface area contributed by atoms with Crippen LogP contribution in [0, 0.1) is 11.2 Å². The molecule has 0 saturated heterocycles. The Morgan fingerprint density at radius 2 is 1.95 bits per heavy atom. The van der Waals surface area contributed by atoms with Crippen molar-refractivity contribution in [3.63, 3.8) is 0 Å². The van der Waals surface area contributed by atoms with E-state index in [1.54, 1.807) is 20.8 Å². The average molecular weight is 289 g/mol. The monoisotopic (exact) mass is 289 g/mol. The Labute approximate surface area is 111 Å². The number of rotatable bonds is 4. The summed E-state index contributed by atoms with van der Waals surface area (Å²) in [6.07, 6.45) is 0. The van der Waals surface area contributed by atoms with Gasteiger partial charge in [-0.25, -0.2) is 17.6 Å². The Balaban J connectivity index is 3.16. The lowest BCUT2D eigenvalue weighted by atomic mass is 10.0. The second-order valence-electron chi connectivity index (χ2n) is 5.39. The summed E-state index contributed by atoms with van der Waals surface area (Å²) in [7, 11) is -3.82. The number of aromatic carboxylic acids is 1. The smallest absolute Gasteiger partial charge is 0.337 e. The maximum absolute atomic E-state index is 13.6. The van der Waals surface area contributed by atoms with E-state index in [2.05, 4.69) is 0 Å². The molecular formula is C12H16FNO4S. The van der Waals surface area contributed by atoms with Crippen LogP contribution in [0.2, 0.25) is 0 Å². The van der Waals surface area contributed by atoms with E-state index < -0.39 is 38.5 Å². The molecule has 0 fully saturated rings. The van der Waals surface area contributed by atoms with Gasteiger partial charge in [-0.05, 0) is 17.5 Å². The minimum absolute atomic E-state index is 0.243. The van der Waals surface area contributed by atoms with Crippen LogP contribution >= 0.6 is 0 Å². The normalized spacial score (nSPS) is 12.2. The summed E-state index contributed by atoms with van der Waals surface area (Å²) in [6, 6.07) is 3.35. The molecule has 0 amide bonds. The van der Waals surface area contributed by atoms with Crippen molar-refractivity contribution >= 4 is 21.7 Å². The van der Waals surface area contributed by atoms with Crippen molar-refractivity contribution in [2.24, 2.45) is 5.41 Å². The van der Waals surface area contributed by atoms with Crippen LogP contribution < -0.4 is 4.72 Å². The Morgan fingerprint density at radius 3 is 2.42 bits per heavy atom. The van der Waals surface area contributed by atoms with Crippen molar-refractivity contribution < 1.29 is 22.7 Å². The molecule has 106 valence electrons. The molecule has 0 unspecified atom stereocenters. The van der Waals surface area contributed by atoms with Crippen LogP contribution in [0.25, 0.3) is 0 Å².